The molecule has 1 saturated carbocycles. The number of hydrogen-bond acceptors (Lipinski definition) is 2. The van der Waals surface area contributed by atoms with Crippen LogP contribution in [0.15, 0.2) is 18.2 Å². The Morgan fingerprint density at radius 1 is 1.53 bits per heavy atom. The Morgan fingerprint density at radius 3 is 2.87 bits per heavy atom. The normalized spacial score (nSPS) is 17.5. The van der Waals surface area contributed by atoms with E-state index in [9.17, 15) is 4.39 Å². The molecule has 0 amide bonds. The van der Waals surface area contributed by atoms with E-state index in [1.54, 1.807) is 6.07 Å². The van der Waals surface area contributed by atoms with E-state index in [2.05, 4.69) is 0 Å². The van der Waals surface area contributed by atoms with Crippen molar-refractivity contribution in [3.05, 3.63) is 29.6 Å². The van der Waals surface area contributed by atoms with Crippen molar-refractivity contribution in [2.45, 2.75) is 25.8 Å². The van der Waals surface area contributed by atoms with Gasteiger partial charge < -0.3 is 10.5 Å². The standard InChI is InChI=1S/C12H16FNO/c1-8(14)11-6-10(13)4-5-12(11)15-7-9-2-3-9/h4-6,8-9H,2-3,7,14H2,1H3. The Hall–Kier alpha value is -1.09. The molecule has 82 valence electrons. The molecule has 0 aliphatic heterocycles. The van der Waals surface area contributed by atoms with E-state index >= 15 is 0 Å². The van der Waals surface area contributed by atoms with Crippen molar-refractivity contribution in [3.63, 3.8) is 0 Å². The predicted octanol–water partition coefficient (Wildman–Crippen LogP) is 2.63. The summed E-state index contributed by atoms with van der Waals surface area (Å²) in [4.78, 5) is 0. The third-order valence-electron chi connectivity index (χ3n) is 2.63. The van der Waals surface area contributed by atoms with Gasteiger partial charge in [-0.15, -0.1) is 0 Å². The van der Waals surface area contributed by atoms with Gasteiger partial charge in [0, 0.05) is 11.6 Å². The molecule has 0 radical (unpaired) electrons. The van der Waals surface area contributed by atoms with Crippen molar-refractivity contribution >= 4 is 0 Å². The lowest BCUT2D eigenvalue weighted by atomic mass is 10.1. The zero-order chi connectivity index (χ0) is 10.8. The highest BCUT2D eigenvalue weighted by Gasteiger charge is 2.22. The maximum Gasteiger partial charge on any atom is 0.124 e. The van der Waals surface area contributed by atoms with E-state index in [0.717, 1.165) is 17.9 Å². The minimum absolute atomic E-state index is 0.199. The van der Waals surface area contributed by atoms with Crippen LogP contribution < -0.4 is 10.5 Å². The Balaban J connectivity index is 2.12. The summed E-state index contributed by atoms with van der Waals surface area (Å²) in [6.07, 6.45) is 2.49. The van der Waals surface area contributed by atoms with E-state index in [4.69, 9.17) is 10.5 Å². The molecule has 1 fully saturated rings. The fraction of sp³-hybridized carbons (Fsp3) is 0.500. The van der Waals surface area contributed by atoms with Crippen molar-refractivity contribution in [3.8, 4) is 5.75 Å². The van der Waals surface area contributed by atoms with Gasteiger partial charge in [0.25, 0.3) is 0 Å². The van der Waals surface area contributed by atoms with E-state index in [-0.39, 0.29) is 11.9 Å². The van der Waals surface area contributed by atoms with Gasteiger partial charge in [-0.25, -0.2) is 4.39 Å². The summed E-state index contributed by atoms with van der Waals surface area (Å²) in [5, 5.41) is 0. The third kappa shape index (κ3) is 2.69. The van der Waals surface area contributed by atoms with Crippen LogP contribution >= 0.6 is 0 Å². The predicted molar refractivity (Wildman–Crippen MR) is 57.2 cm³/mol. The lowest BCUT2D eigenvalue weighted by Crippen LogP contribution is -2.09. The monoisotopic (exact) mass is 209 g/mol. The second-order valence-corrected chi connectivity index (χ2v) is 4.23. The molecule has 0 saturated heterocycles. The van der Waals surface area contributed by atoms with E-state index in [0.29, 0.717) is 5.92 Å². The van der Waals surface area contributed by atoms with Crippen LogP contribution in [0.25, 0.3) is 0 Å². The first-order valence-electron chi connectivity index (χ1n) is 5.34. The molecule has 1 aliphatic carbocycles. The quantitative estimate of drug-likeness (QED) is 0.827. The minimum Gasteiger partial charge on any atom is -0.493 e. The van der Waals surface area contributed by atoms with Gasteiger partial charge in [-0.2, -0.15) is 0 Å². The molecule has 2 nitrogen and oxygen atoms in total. The lowest BCUT2D eigenvalue weighted by Gasteiger charge is -2.13. The first kappa shape index (κ1) is 10.4. The summed E-state index contributed by atoms with van der Waals surface area (Å²) < 4.78 is 18.6. The number of nitrogens with two attached hydrogens (primary N) is 1. The summed E-state index contributed by atoms with van der Waals surface area (Å²) in [6.45, 7) is 2.56. The van der Waals surface area contributed by atoms with Crippen molar-refractivity contribution in [1.82, 2.24) is 0 Å². The highest BCUT2D eigenvalue weighted by Crippen LogP contribution is 2.31. The fourth-order valence-electron chi connectivity index (χ4n) is 1.50. The second kappa shape index (κ2) is 4.19. The van der Waals surface area contributed by atoms with Gasteiger partial charge in [-0.3, -0.25) is 0 Å². The molecule has 1 unspecified atom stereocenters. The highest BCUT2D eigenvalue weighted by atomic mass is 19.1. The van der Waals surface area contributed by atoms with Crippen LogP contribution in [0.3, 0.4) is 0 Å². The average molecular weight is 209 g/mol. The van der Waals surface area contributed by atoms with Crippen molar-refractivity contribution in [2.24, 2.45) is 11.7 Å². The minimum atomic E-state index is -0.263. The largest absolute Gasteiger partial charge is 0.493 e. The van der Waals surface area contributed by atoms with Crippen molar-refractivity contribution in [2.75, 3.05) is 6.61 Å². The topological polar surface area (TPSA) is 35.2 Å². The van der Waals surface area contributed by atoms with Crippen molar-refractivity contribution < 1.29 is 9.13 Å². The Morgan fingerprint density at radius 2 is 2.27 bits per heavy atom. The summed E-state index contributed by atoms with van der Waals surface area (Å²) in [7, 11) is 0. The lowest BCUT2D eigenvalue weighted by molar-refractivity contribution is 0.295. The van der Waals surface area contributed by atoms with Crippen molar-refractivity contribution in [1.29, 1.82) is 0 Å². The molecule has 2 N–H and O–H groups in total. The molecule has 1 aromatic carbocycles. The molecule has 3 heteroatoms. The third-order valence-corrected chi connectivity index (χ3v) is 2.63. The second-order valence-electron chi connectivity index (χ2n) is 4.23. The van der Waals surface area contributed by atoms with Gasteiger partial charge in [0.15, 0.2) is 0 Å². The molecule has 1 atom stereocenters. The van der Waals surface area contributed by atoms with Crippen LogP contribution in [-0.2, 0) is 0 Å². The maximum absolute atomic E-state index is 13.0. The van der Waals surface area contributed by atoms with E-state index in [1.807, 2.05) is 6.92 Å². The molecule has 0 bridgehead atoms. The van der Waals surface area contributed by atoms with Crippen LogP contribution in [0.1, 0.15) is 31.4 Å². The molecule has 2 rings (SSSR count). The first-order chi connectivity index (χ1) is 7.16. The maximum atomic E-state index is 13.0. The number of ether oxygens (including phenoxy) is 1. The molecule has 0 spiro atoms. The SMILES string of the molecule is CC(N)c1cc(F)ccc1OCC1CC1. The molecule has 1 aromatic rings. The highest BCUT2D eigenvalue weighted by molar-refractivity contribution is 5.36. The Bertz CT molecular complexity index is 347. The summed E-state index contributed by atoms with van der Waals surface area (Å²) in [5.74, 6) is 1.15. The molecular formula is C12H16FNO. The summed E-state index contributed by atoms with van der Waals surface area (Å²) in [6, 6.07) is 4.33. The summed E-state index contributed by atoms with van der Waals surface area (Å²) >= 11 is 0. The number of benzene rings is 1. The molecule has 0 heterocycles. The molecule has 15 heavy (non-hydrogen) atoms. The van der Waals surface area contributed by atoms with Crippen LogP contribution in [0.2, 0.25) is 0 Å². The van der Waals surface area contributed by atoms with Crippen LogP contribution in [0.5, 0.6) is 5.75 Å². The zero-order valence-electron chi connectivity index (χ0n) is 8.87. The molecular weight excluding hydrogens is 193 g/mol. The van der Waals surface area contributed by atoms with Crippen LogP contribution in [-0.4, -0.2) is 6.61 Å². The van der Waals surface area contributed by atoms with E-state index < -0.39 is 0 Å². The zero-order valence-corrected chi connectivity index (χ0v) is 8.87. The van der Waals surface area contributed by atoms with Gasteiger partial charge in [0.1, 0.15) is 11.6 Å². The van der Waals surface area contributed by atoms with Gasteiger partial charge in [0.05, 0.1) is 6.61 Å². The van der Waals surface area contributed by atoms with Crippen LogP contribution in [0, 0.1) is 11.7 Å². The molecule has 0 aromatic heterocycles. The smallest absolute Gasteiger partial charge is 0.124 e. The van der Waals surface area contributed by atoms with Gasteiger partial charge in [-0.1, -0.05) is 0 Å². The summed E-state index contributed by atoms with van der Waals surface area (Å²) in [5.41, 5.74) is 6.50. The van der Waals surface area contributed by atoms with E-state index in [1.165, 1.54) is 25.0 Å². The Labute approximate surface area is 89.2 Å². The fourth-order valence-corrected chi connectivity index (χ4v) is 1.50. The number of rotatable bonds is 4. The average Bonchev–Trinajstić information content (AvgIpc) is 2.99. The van der Waals surface area contributed by atoms with Gasteiger partial charge in [0.2, 0.25) is 0 Å². The molecule has 1 aliphatic rings. The van der Waals surface area contributed by atoms with Gasteiger partial charge in [-0.05, 0) is 43.9 Å². The van der Waals surface area contributed by atoms with Crippen LogP contribution in [0.4, 0.5) is 4.39 Å². The number of hydrogen-bond donors (Lipinski definition) is 1. The number of halogens is 1. The van der Waals surface area contributed by atoms with Gasteiger partial charge >= 0.3 is 0 Å². The Kier molecular flexibility index (Phi) is 2.91. The first-order valence-corrected chi connectivity index (χ1v) is 5.34.